The molecule has 1 aliphatic rings. The Bertz CT molecular complexity index is 413. The summed E-state index contributed by atoms with van der Waals surface area (Å²) in [5.74, 6) is 3.03. The molecule has 2 rings (SSSR count). The van der Waals surface area contributed by atoms with Gasteiger partial charge in [0.25, 0.3) is 0 Å². The molecular weight excluding hydrogens is 286 g/mol. The summed E-state index contributed by atoms with van der Waals surface area (Å²) in [6.45, 7) is 10.3. The summed E-state index contributed by atoms with van der Waals surface area (Å²) in [5, 5.41) is 6.76. The predicted octanol–water partition coefficient (Wildman–Crippen LogP) is 5.56. The molecule has 0 amide bonds. The molecule has 0 bridgehead atoms. The second-order valence-corrected chi connectivity index (χ2v) is 8.23. The number of thiophene rings is 1. The van der Waals surface area contributed by atoms with Crippen LogP contribution in [0.1, 0.15) is 57.8 Å². The van der Waals surface area contributed by atoms with Crippen molar-refractivity contribution in [2.75, 3.05) is 6.54 Å². The zero-order chi connectivity index (χ0) is 14.7. The molecule has 1 aliphatic carbocycles. The van der Waals surface area contributed by atoms with Crippen LogP contribution in [0.4, 0.5) is 0 Å². The molecule has 1 aromatic heterocycles. The quantitative estimate of drug-likeness (QED) is 0.751. The number of halogens is 1. The lowest BCUT2D eigenvalue weighted by atomic mass is 9.70. The van der Waals surface area contributed by atoms with Crippen molar-refractivity contribution in [2.24, 2.45) is 17.8 Å². The van der Waals surface area contributed by atoms with Crippen molar-refractivity contribution in [3.05, 3.63) is 21.3 Å². The van der Waals surface area contributed by atoms with E-state index in [4.69, 9.17) is 11.6 Å². The minimum atomic E-state index is 0.567. The molecule has 3 heteroatoms. The molecule has 1 fully saturated rings. The van der Waals surface area contributed by atoms with Gasteiger partial charge in [0.1, 0.15) is 0 Å². The number of hydrogen-bond donors (Lipinski definition) is 1. The molecule has 1 aromatic rings. The minimum absolute atomic E-state index is 0.567. The molecule has 114 valence electrons. The first-order valence-corrected chi connectivity index (χ1v) is 9.21. The van der Waals surface area contributed by atoms with Crippen molar-refractivity contribution < 1.29 is 0 Å². The van der Waals surface area contributed by atoms with E-state index in [9.17, 15) is 0 Å². The third kappa shape index (κ3) is 3.99. The summed E-state index contributed by atoms with van der Waals surface area (Å²) >= 11 is 8.27. The number of hydrogen-bond acceptors (Lipinski definition) is 2. The molecule has 0 radical (unpaired) electrons. The lowest BCUT2D eigenvalue weighted by Crippen LogP contribution is -2.35. The van der Waals surface area contributed by atoms with Crippen LogP contribution in [-0.2, 0) is 0 Å². The Labute approximate surface area is 133 Å². The Hall–Kier alpha value is -0.0500. The number of rotatable bonds is 5. The van der Waals surface area contributed by atoms with Gasteiger partial charge in [0.05, 0.1) is 5.02 Å². The van der Waals surface area contributed by atoms with Crippen molar-refractivity contribution >= 4 is 22.9 Å². The van der Waals surface area contributed by atoms with Crippen LogP contribution in [0.25, 0.3) is 0 Å². The van der Waals surface area contributed by atoms with E-state index in [0.717, 1.165) is 29.3 Å². The Morgan fingerprint density at radius 3 is 2.60 bits per heavy atom. The standard InChI is InChI=1S/C17H28ClNS/c1-11(2)13-5-6-14(10-19-12(3)4)15(9-13)17-16(18)7-8-20-17/h7-8,11-15,19H,5-6,9-10H2,1-4H3. The van der Waals surface area contributed by atoms with Crippen LogP contribution in [0, 0.1) is 17.8 Å². The van der Waals surface area contributed by atoms with E-state index in [2.05, 4.69) is 44.5 Å². The Balaban J connectivity index is 2.12. The summed E-state index contributed by atoms with van der Waals surface area (Å²) in [6.07, 6.45) is 4.02. The van der Waals surface area contributed by atoms with Gasteiger partial charge < -0.3 is 5.32 Å². The molecule has 0 spiro atoms. The lowest BCUT2D eigenvalue weighted by Gasteiger charge is -2.38. The predicted molar refractivity (Wildman–Crippen MR) is 90.9 cm³/mol. The highest BCUT2D eigenvalue weighted by atomic mass is 35.5. The van der Waals surface area contributed by atoms with Crippen molar-refractivity contribution in [3.63, 3.8) is 0 Å². The molecule has 0 aromatic carbocycles. The third-order valence-electron chi connectivity index (χ3n) is 4.75. The maximum Gasteiger partial charge on any atom is 0.0547 e. The third-order valence-corrected chi connectivity index (χ3v) is 6.24. The van der Waals surface area contributed by atoms with Crippen molar-refractivity contribution in [1.29, 1.82) is 0 Å². The molecular formula is C17H28ClNS. The fourth-order valence-electron chi connectivity index (χ4n) is 3.39. The van der Waals surface area contributed by atoms with E-state index in [1.165, 1.54) is 24.1 Å². The maximum atomic E-state index is 6.42. The largest absolute Gasteiger partial charge is 0.314 e. The summed E-state index contributed by atoms with van der Waals surface area (Å²) in [4.78, 5) is 1.42. The van der Waals surface area contributed by atoms with Crippen LogP contribution in [0.15, 0.2) is 11.4 Å². The lowest BCUT2D eigenvalue weighted by molar-refractivity contribution is 0.190. The van der Waals surface area contributed by atoms with Gasteiger partial charge in [0.15, 0.2) is 0 Å². The molecule has 3 atom stereocenters. The molecule has 3 unspecified atom stereocenters. The highest BCUT2D eigenvalue weighted by Crippen LogP contribution is 2.46. The van der Waals surface area contributed by atoms with E-state index in [1.807, 2.05) is 11.3 Å². The fourth-order valence-corrected chi connectivity index (χ4v) is 4.80. The maximum absolute atomic E-state index is 6.42. The van der Waals surface area contributed by atoms with Crippen LogP contribution in [-0.4, -0.2) is 12.6 Å². The Morgan fingerprint density at radius 2 is 2.05 bits per heavy atom. The summed E-state index contributed by atoms with van der Waals surface area (Å²) in [6, 6.07) is 2.63. The molecule has 1 nitrogen and oxygen atoms in total. The summed E-state index contributed by atoms with van der Waals surface area (Å²) in [5.41, 5.74) is 0. The molecule has 20 heavy (non-hydrogen) atoms. The van der Waals surface area contributed by atoms with Gasteiger partial charge in [-0.25, -0.2) is 0 Å². The van der Waals surface area contributed by atoms with Gasteiger partial charge in [-0.2, -0.15) is 0 Å². The monoisotopic (exact) mass is 313 g/mol. The molecule has 0 aliphatic heterocycles. The molecule has 1 heterocycles. The van der Waals surface area contributed by atoms with Crippen molar-refractivity contribution in [2.45, 2.75) is 58.9 Å². The smallest absolute Gasteiger partial charge is 0.0547 e. The second kappa shape index (κ2) is 7.29. The average Bonchev–Trinajstić information content (AvgIpc) is 2.82. The summed E-state index contributed by atoms with van der Waals surface area (Å²) < 4.78 is 0. The Kier molecular flexibility index (Phi) is 5.95. The molecule has 1 N–H and O–H groups in total. The second-order valence-electron chi connectivity index (χ2n) is 6.88. The topological polar surface area (TPSA) is 12.0 Å². The zero-order valence-electron chi connectivity index (χ0n) is 13.2. The van der Waals surface area contributed by atoms with Gasteiger partial charge in [0, 0.05) is 10.9 Å². The van der Waals surface area contributed by atoms with E-state index >= 15 is 0 Å². The molecule has 0 saturated heterocycles. The van der Waals surface area contributed by atoms with E-state index < -0.39 is 0 Å². The van der Waals surface area contributed by atoms with Gasteiger partial charge in [-0.1, -0.05) is 39.3 Å². The first kappa shape index (κ1) is 16.3. The Morgan fingerprint density at radius 1 is 1.30 bits per heavy atom. The van der Waals surface area contributed by atoms with Crippen LogP contribution >= 0.6 is 22.9 Å². The fraction of sp³-hybridized carbons (Fsp3) is 0.765. The van der Waals surface area contributed by atoms with Crippen LogP contribution in [0.3, 0.4) is 0 Å². The van der Waals surface area contributed by atoms with Gasteiger partial charge >= 0.3 is 0 Å². The molecule has 1 saturated carbocycles. The van der Waals surface area contributed by atoms with E-state index in [-0.39, 0.29) is 0 Å². The summed E-state index contributed by atoms with van der Waals surface area (Å²) in [7, 11) is 0. The van der Waals surface area contributed by atoms with Crippen LogP contribution in [0.5, 0.6) is 0 Å². The van der Waals surface area contributed by atoms with Gasteiger partial charge in [-0.15, -0.1) is 11.3 Å². The normalized spacial score (nSPS) is 27.4. The average molecular weight is 314 g/mol. The number of nitrogens with one attached hydrogen (secondary N) is 1. The van der Waals surface area contributed by atoms with Gasteiger partial charge in [-0.05, 0) is 60.9 Å². The van der Waals surface area contributed by atoms with Gasteiger partial charge in [-0.3, -0.25) is 0 Å². The van der Waals surface area contributed by atoms with Crippen LogP contribution < -0.4 is 5.32 Å². The minimum Gasteiger partial charge on any atom is -0.314 e. The van der Waals surface area contributed by atoms with Gasteiger partial charge in [0.2, 0.25) is 0 Å². The first-order chi connectivity index (χ1) is 9.49. The van der Waals surface area contributed by atoms with Crippen molar-refractivity contribution in [3.8, 4) is 0 Å². The van der Waals surface area contributed by atoms with Crippen molar-refractivity contribution in [1.82, 2.24) is 5.32 Å². The zero-order valence-corrected chi connectivity index (χ0v) is 14.7. The highest BCUT2D eigenvalue weighted by molar-refractivity contribution is 7.10. The van der Waals surface area contributed by atoms with Crippen LogP contribution in [0.2, 0.25) is 5.02 Å². The highest BCUT2D eigenvalue weighted by Gasteiger charge is 2.34. The van der Waals surface area contributed by atoms with E-state index in [0.29, 0.717) is 12.0 Å². The van der Waals surface area contributed by atoms with E-state index in [1.54, 1.807) is 0 Å². The first-order valence-electron chi connectivity index (χ1n) is 7.95. The SMILES string of the molecule is CC(C)NCC1CCC(C(C)C)CC1c1sccc1Cl.